The van der Waals surface area contributed by atoms with Crippen molar-refractivity contribution >= 4 is 6.29 Å². The Hall–Kier alpha value is -1.11. The number of carbonyl (C=O) groups excluding carboxylic acids is 1. The first-order valence-electron chi connectivity index (χ1n) is 9.84. The van der Waals surface area contributed by atoms with Crippen molar-refractivity contribution in [2.75, 3.05) is 0 Å². The van der Waals surface area contributed by atoms with Crippen LogP contribution in [0.15, 0.2) is 24.3 Å². The maximum atomic E-state index is 10.5. The molecule has 1 aromatic carbocycles. The van der Waals surface area contributed by atoms with E-state index < -0.39 is 0 Å². The average Bonchev–Trinajstić information content (AvgIpc) is 2.59. The Balaban J connectivity index is 1.83. The third kappa shape index (κ3) is 11.1. The number of hydrogen-bond acceptors (Lipinski definition) is 1. The van der Waals surface area contributed by atoms with Gasteiger partial charge in [0.2, 0.25) is 6.29 Å². The molecule has 0 spiro atoms. The van der Waals surface area contributed by atoms with E-state index in [0.29, 0.717) is 5.56 Å². The van der Waals surface area contributed by atoms with E-state index in [1.165, 1.54) is 89.0 Å². The molecular weight excluding hydrogens is 280 g/mol. The lowest BCUT2D eigenvalue weighted by atomic mass is 10.0. The van der Waals surface area contributed by atoms with Crippen LogP contribution in [0.5, 0.6) is 0 Å². The minimum Gasteiger partial charge on any atom is -0.285 e. The first kappa shape index (κ1) is 19.9. The third-order valence-corrected chi connectivity index (χ3v) is 4.64. The van der Waals surface area contributed by atoms with E-state index in [1.807, 2.05) is 18.4 Å². The summed E-state index contributed by atoms with van der Waals surface area (Å²) in [7, 11) is 0. The molecule has 0 aromatic heterocycles. The Morgan fingerprint density at radius 1 is 0.652 bits per heavy atom. The van der Waals surface area contributed by atoms with Crippen molar-refractivity contribution in [3.63, 3.8) is 0 Å². The predicted molar refractivity (Wildman–Crippen MR) is 101 cm³/mol. The lowest BCUT2D eigenvalue weighted by Gasteiger charge is -2.04. The summed E-state index contributed by atoms with van der Waals surface area (Å²) in [4.78, 5) is 10.5. The standard InChI is InChI=1S/C22H35O/c1-2-3-4-5-6-7-8-9-10-11-12-13-14-15-21-16-18-22(20-23)19-17-21/h16-19H,2-15H2,1H3. The number of rotatable bonds is 15. The van der Waals surface area contributed by atoms with Gasteiger partial charge in [0, 0.05) is 5.56 Å². The molecule has 1 radical (unpaired) electrons. The molecule has 0 fully saturated rings. The van der Waals surface area contributed by atoms with Crippen LogP contribution in [0.1, 0.15) is 102 Å². The molecule has 0 aliphatic carbocycles. The molecule has 1 heteroatoms. The summed E-state index contributed by atoms with van der Waals surface area (Å²) in [5.41, 5.74) is 1.99. The summed E-state index contributed by atoms with van der Waals surface area (Å²) < 4.78 is 0. The molecule has 0 N–H and O–H groups in total. The molecule has 1 rings (SSSR count). The second-order valence-electron chi connectivity index (χ2n) is 6.79. The molecule has 0 aliphatic heterocycles. The van der Waals surface area contributed by atoms with Crippen LogP contribution < -0.4 is 0 Å². The van der Waals surface area contributed by atoms with Crippen molar-refractivity contribution in [2.24, 2.45) is 0 Å². The highest BCUT2D eigenvalue weighted by Gasteiger charge is 1.96. The van der Waals surface area contributed by atoms with Crippen LogP contribution in [-0.2, 0) is 11.2 Å². The van der Waals surface area contributed by atoms with Crippen LogP contribution in [0.4, 0.5) is 0 Å². The van der Waals surface area contributed by atoms with Gasteiger partial charge < -0.3 is 0 Å². The first-order chi connectivity index (χ1) is 11.4. The topological polar surface area (TPSA) is 17.1 Å². The van der Waals surface area contributed by atoms with Gasteiger partial charge in [-0.3, -0.25) is 4.79 Å². The zero-order chi connectivity index (χ0) is 16.6. The highest BCUT2D eigenvalue weighted by Crippen LogP contribution is 2.13. The van der Waals surface area contributed by atoms with E-state index >= 15 is 0 Å². The van der Waals surface area contributed by atoms with E-state index in [1.54, 1.807) is 0 Å². The summed E-state index contributed by atoms with van der Waals surface area (Å²) in [5.74, 6) is 0. The summed E-state index contributed by atoms with van der Waals surface area (Å²) >= 11 is 0. The molecule has 129 valence electrons. The van der Waals surface area contributed by atoms with Crippen molar-refractivity contribution in [1.29, 1.82) is 0 Å². The Morgan fingerprint density at radius 2 is 1.09 bits per heavy atom. The number of benzene rings is 1. The minimum absolute atomic E-state index is 0.652. The fourth-order valence-corrected chi connectivity index (χ4v) is 3.09. The van der Waals surface area contributed by atoms with Crippen LogP contribution in [-0.4, -0.2) is 6.29 Å². The molecule has 0 aliphatic rings. The fourth-order valence-electron chi connectivity index (χ4n) is 3.09. The van der Waals surface area contributed by atoms with Gasteiger partial charge >= 0.3 is 0 Å². The zero-order valence-electron chi connectivity index (χ0n) is 15.1. The van der Waals surface area contributed by atoms with Crippen molar-refractivity contribution < 1.29 is 4.79 Å². The van der Waals surface area contributed by atoms with E-state index in [9.17, 15) is 4.79 Å². The van der Waals surface area contributed by atoms with E-state index in [4.69, 9.17) is 0 Å². The minimum atomic E-state index is 0.652. The average molecular weight is 316 g/mol. The molecule has 0 heterocycles. The highest BCUT2D eigenvalue weighted by atomic mass is 16.1. The third-order valence-electron chi connectivity index (χ3n) is 4.64. The van der Waals surface area contributed by atoms with Crippen molar-refractivity contribution in [3.8, 4) is 0 Å². The maximum Gasteiger partial charge on any atom is 0.233 e. The van der Waals surface area contributed by atoms with Crippen molar-refractivity contribution in [2.45, 2.75) is 96.8 Å². The van der Waals surface area contributed by atoms with E-state index in [0.717, 1.165) is 6.42 Å². The van der Waals surface area contributed by atoms with Gasteiger partial charge in [-0.15, -0.1) is 0 Å². The lowest BCUT2D eigenvalue weighted by Crippen LogP contribution is -1.88. The number of unbranched alkanes of at least 4 members (excludes halogenated alkanes) is 12. The maximum absolute atomic E-state index is 10.5. The van der Waals surface area contributed by atoms with Gasteiger partial charge in [-0.25, -0.2) is 0 Å². The predicted octanol–water partition coefficient (Wildman–Crippen LogP) is 6.78. The second kappa shape index (κ2) is 14.5. The van der Waals surface area contributed by atoms with Gasteiger partial charge in [0.05, 0.1) is 0 Å². The van der Waals surface area contributed by atoms with Crippen LogP contribution >= 0.6 is 0 Å². The Labute approximate surface area is 143 Å². The number of hydrogen-bond donors (Lipinski definition) is 0. The van der Waals surface area contributed by atoms with Crippen LogP contribution in [0.3, 0.4) is 0 Å². The molecule has 1 aromatic rings. The van der Waals surface area contributed by atoms with E-state index in [-0.39, 0.29) is 0 Å². The molecule has 0 saturated carbocycles. The van der Waals surface area contributed by atoms with Gasteiger partial charge in [-0.2, -0.15) is 0 Å². The summed E-state index contributed by atoms with van der Waals surface area (Å²) in [5, 5.41) is 0. The summed E-state index contributed by atoms with van der Waals surface area (Å²) in [6.07, 6.45) is 21.2. The molecule has 0 bridgehead atoms. The monoisotopic (exact) mass is 315 g/mol. The molecule has 0 unspecified atom stereocenters. The molecule has 0 amide bonds. The number of aryl methyl sites for hydroxylation is 1. The van der Waals surface area contributed by atoms with E-state index in [2.05, 4.69) is 19.1 Å². The van der Waals surface area contributed by atoms with Gasteiger partial charge in [-0.1, -0.05) is 108 Å². The zero-order valence-corrected chi connectivity index (χ0v) is 15.1. The van der Waals surface area contributed by atoms with Crippen LogP contribution in [0.25, 0.3) is 0 Å². The first-order valence-corrected chi connectivity index (χ1v) is 9.84. The molecule has 0 atom stereocenters. The Morgan fingerprint density at radius 3 is 1.52 bits per heavy atom. The molecule has 23 heavy (non-hydrogen) atoms. The van der Waals surface area contributed by atoms with Crippen molar-refractivity contribution in [3.05, 3.63) is 35.4 Å². The quantitative estimate of drug-likeness (QED) is 0.326. The molecule has 0 saturated heterocycles. The second-order valence-corrected chi connectivity index (χ2v) is 6.79. The summed E-state index contributed by atoms with van der Waals surface area (Å²) in [6.45, 7) is 2.28. The van der Waals surface area contributed by atoms with Gasteiger partial charge in [-0.05, 0) is 18.4 Å². The Bertz CT molecular complexity index is 379. The normalized spacial score (nSPS) is 10.8. The highest BCUT2D eigenvalue weighted by molar-refractivity contribution is 5.75. The summed E-state index contributed by atoms with van der Waals surface area (Å²) in [6, 6.07) is 7.84. The molecular formula is C22H35O. The smallest absolute Gasteiger partial charge is 0.233 e. The largest absolute Gasteiger partial charge is 0.285 e. The van der Waals surface area contributed by atoms with Crippen molar-refractivity contribution in [1.82, 2.24) is 0 Å². The lowest BCUT2D eigenvalue weighted by molar-refractivity contribution is 0.539. The van der Waals surface area contributed by atoms with Gasteiger partial charge in [0.1, 0.15) is 0 Å². The van der Waals surface area contributed by atoms with Crippen LogP contribution in [0.2, 0.25) is 0 Å². The van der Waals surface area contributed by atoms with Crippen LogP contribution in [0, 0.1) is 0 Å². The van der Waals surface area contributed by atoms with Gasteiger partial charge in [0.15, 0.2) is 0 Å². The Kier molecular flexibility index (Phi) is 12.6. The van der Waals surface area contributed by atoms with Gasteiger partial charge in [0.25, 0.3) is 0 Å². The molecule has 1 nitrogen and oxygen atoms in total. The SMILES string of the molecule is CCCCCCCCCCCCCCCc1ccc([C]=O)cc1. The fraction of sp³-hybridized carbons (Fsp3) is 0.682.